The molecule has 8 heteroatoms. The summed E-state index contributed by atoms with van der Waals surface area (Å²) in [6, 6.07) is 11.8. The van der Waals surface area contributed by atoms with Gasteiger partial charge in [0.05, 0.1) is 30.7 Å². The number of fused-ring (bicyclic) bond motifs is 3. The molecular weight excluding hydrogens is 474 g/mol. The molecule has 1 saturated carbocycles. The molecule has 3 unspecified atom stereocenters. The van der Waals surface area contributed by atoms with E-state index in [1.807, 2.05) is 6.92 Å². The monoisotopic (exact) mass is 508 g/mol. The highest BCUT2D eigenvalue weighted by atomic mass is 19.3. The number of nitrogens with zero attached hydrogens (tertiary/aromatic N) is 3. The first-order valence-electron chi connectivity index (χ1n) is 13.1. The van der Waals surface area contributed by atoms with E-state index in [0.29, 0.717) is 25.6 Å². The van der Waals surface area contributed by atoms with Gasteiger partial charge in [-0.3, -0.25) is 9.78 Å². The largest absolute Gasteiger partial charge is 0.377 e. The van der Waals surface area contributed by atoms with E-state index in [-0.39, 0.29) is 29.5 Å². The Bertz CT molecular complexity index is 1220. The standard InChI is InChI=1S/C29H34F2N4O2/c1-18-4-7-22(34-27(36)20-8-9-33-25(13-20)29(3,30)31)14-23(18)19-5-6-21-15-28(2,17-32)26-16-37-11-10-35(26)24(21)12-19/h5-6,8-9,12-13,18,22-23,26H,4,7,10-11,14-16H2,1-3H3,(H,34,36)/t18?,22?,23?,26-,28+/m0/s1. The number of pyridine rings is 1. The molecule has 5 rings (SSSR count). The van der Waals surface area contributed by atoms with Crippen molar-refractivity contribution in [3.63, 3.8) is 0 Å². The number of rotatable bonds is 4. The zero-order chi connectivity index (χ0) is 26.4. The molecule has 5 atom stereocenters. The van der Waals surface area contributed by atoms with Gasteiger partial charge in [0.15, 0.2) is 0 Å². The molecular formula is C29H34F2N4O2. The first-order valence-corrected chi connectivity index (χ1v) is 13.1. The SMILES string of the molecule is CC1CCC(NC(=O)c2ccnc(C(C)(F)F)c2)CC1c1ccc2c(c1)N1CCOC[C@H]1[C@@](C)(C#N)C2. The van der Waals surface area contributed by atoms with Crippen LogP contribution in [0.2, 0.25) is 0 Å². The molecule has 0 radical (unpaired) electrons. The van der Waals surface area contributed by atoms with Gasteiger partial charge in [0, 0.05) is 37.0 Å². The normalized spacial score (nSPS) is 29.6. The summed E-state index contributed by atoms with van der Waals surface area (Å²) < 4.78 is 33.2. The predicted molar refractivity (Wildman–Crippen MR) is 137 cm³/mol. The van der Waals surface area contributed by atoms with Gasteiger partial charge in [0.25, 0.3) is 11.8 Å². The summed E-state index contributed by atoms with van der Waals surface area (Å²) in [5.74, 6) is -2.73. The quantitative estimate of drug-likeness (QED) is 0.615. The Labute approximate surface area is 217 Å². The molecule has 1 saturated heterocycles. The van der Waals surface area contributed by atoms with Crippen LogP contribution in [-0.2, 0) is 17.1 Å². The highest BCUT2D eigenvalue weighted by Crippen LogP contribution is 2.45. The Balaban J connectivity index is 1.35. The number of alkyl halides is 2. The topological polar surface area (TPSA) is 78.2 Å². The van der Waals surface area contributed by atoms with Gasteiger partial charge in [0.2, 0.25) is 0 Å². The Morgan fingerprint density at radius 1 is 1.30 bits per heavy atom. The number of carbonyl (C=O) groups excluding carboxylic acids is 1. The summed E-state index contributed by atoms with van der Waals surface area (Å²) in [7, 11) is 0. The summed E-state index contributed by atoms with van der Waals surface area (Å²) in [5, 5.41) is 13.0. The molecule has 2 aliphatic heterocycles. The van der Waals surface area contributed by atoms with Crippen molar-refractivity contribution in [1.82, 2.24) is 10.3 Å². The van der Waals surface area contributed by atoms with E-state index in [1.165, 1.54) is 35.1 Å². The summed E-state index contributed by atoms with van der Waals surface area (Å²) in [5.41, 5.74) is 2.94. The minimum absolute atomic E-state index is 0.0329. The van der Waals surface area contributed by atoms with Crippen LogP contribution in [0.5, 0.6) is 0 Å². The van der Waals surface area contributed by atoms with E-state index in [9.17, 15) is 18.8 Å². The average molecular weight is 509 g/mol. The second-order valence-electron chi connectivity index (χ2n) is 11.3. The second kappa shape index (κ2) is 9.68. The van der Waals surface area contributed by atoms with Crippen molar-refractivity contribution in [2.24, 2.45) is 11.3 Å². The Kier molecular flexibility index (Phi) is 6.70. The lowest BCUT2D eigenvalue weighted by molar-refractivity contribution is 0.0127. The lowest BCUT2D eigenvalue weighted by Gasteiger charge is -2.49. The van der Waals surface area contributed by atoms with Crippen molar-refractivity contribution in [1.29, 1.82) is 5.26 Å². The van der Waals surface area contributed by atoms with Crippen LogP contribution in [0.15, 0.2) is 36.5 Å². The van der Waals surface area contributed by atoms with Gasteiger partial charge in [-0.2, -0.15) is 14.0 Å². The third kappa shape index (κ3) is 4.94. The zero-order valence-electron chi connectivity index (χ0n) is 21.6. The van der Waals surface area contributed by atoms with Gasteiger partial charge < -0.3 is 15.0 Å². The van der Waals surface area contributed by atoms with Crippen LogP contribution in [0.1, 0.15) is 73.1 Å². The molecule has 1 N–H and O–H groups in total. The van der Waals surface area contributed by atoms with Crippen molar-refractivity contribution < 1.29 is 18.3 Å². The molecule has 1 aromatic heterocycles. The fourth-order valence-corrected chi connectivity index (χ4v) is 6.27. The van der Waals surface area contributed by atoms with Crippen LogP contribution in [0.3, 0.4) is 0 Å². The molecule has 196 valence electrons. The van der Waals surface area contributed by atoms with E-state index < -0.39 is 17.0 Å². The van der Waals surface area contributed by atoms with Crippen LogP contribution in [-0.4, -0.2) is 42.7 Å². The van der Waals surface area contributed by atoms with Crippen LogP contribution in [0, 0.1) is 22.7 Å². The fraction of sp³-hybridized carbons (Fsp3) is 0.552. The molecule has 6 nitrogen and oxygen atoms in total. The number of anilines is 1. The van der Waals surface area contributed by atoms with E-state index in [0.717, 1.165) is 32.7 Å². The van der Waals surface area contributed by atoms with Crippen molar-refractivity contribution in [2.75, 3.05) is 24.7 Å². The maximum Gasteiger partial charge on any atom is 0.286 e. The van der Waals surface area contributed by atoms with Gasteiger partial charge in [-0.1, -0.05) is 19.1 Å². The van der Waals surface area contributed by atoms with E-state index >= 15 is 0 Å². The number of nitriles is 1. The number of nitrogens with one attached hydrogen (secondary N) is 1. The third-order valence-electron chi connectivity index (χ3n) is 8.53. The van der Waals surface area contributed by atoms with Crippen molar-refractivity contribution in [3.05, 3.63) is 58.9 Å². The summed E-state index contributed by atoms with van der Waals surface area (Å²) in [6.45, 7) is 7.04. The molecule has 2 aromatic rings. The lowest BCUT2D eigenvalue weighted by atomic mass is 9.71. The Hall–Kier alpha value is -3.05. The summed E-state index contributed by atoms with van der Waals surface area (Å²) in [6.07, 6.45) is 4.57. The van der Waals surface area contributed by atoms with Gasteiger partial charge in [-0.05, 0) is 73.8 Å². The van der Waals surface area contributed by atoms with Crippen LogP contribution < -0.4 is 10.2 Å². The molecule has 37 heavy (non-hydrogen) atoms. The summed E-state index contributed by atoms with van der Waals surface area (Å²) >= 11 is 0. The first kappa shape index (κ1) is 25.6. The van der Waals surface area contributed by atoms with Gasteiger partial charge in [-0.15, -0.1) is 0 Å². The van der Waals surface area contributed by atoms with Crippen LogP contribution in [0.4, 0.5) is 14.5 Å². The minimum Gasteiger partial charge on any atom is -0.377 e. The molecule has 2 fully saturated rings. The number of morpholine rings is 1. The number of carbonyl (C=O) groups is 1. The molecule has 3 aliphatic rings. The van der Waals surface area contributed by atoms with Crippen LogP contribution in [0.25, 0.3) is 0 Å². The average Bonchev–Trinajstić information content (AvgIpc) is 2.89. The van der Waals surface area contributed by atoms with Crippen molar-refractivity contribution in [3.8, 4) is 6.07 Å². The number of benzene rings is 1. The van der Waals surface area contributed by atoms with E-state index in [4.69, 9.17) is 4.74 Å². The number of halogens is 2. The fourth-order valence-electron chi connectivity index (χ4n) is 6.27. The maximum absolute atomic E-state index is 13.7. The van der Waals surface area contributed by atoms with Crippen molar-refractivity contribution in [2.45, 2.75) is 70.4 Å². The minimum atomic E-state index is -3.10. The Morgan fingerprint density at radius 3 is 2.86 bits per heavy atom. The van der Waals surface area contributed by atoms with Gasteiger partial charge in [0.1, 0.15) is 5.69 Å². The van der Waals surface area contributed by atoms with E-state index in [1.54, 1.807) is 0 Å². The molecule has 1 aliphatic carbocycles. The van der Waals surface area contributed by atoms with Gasteiger partial charge in [-0.25, -0.2) is 0 Å². The smallest absolute Gasteiger partial charge is 0.286 e. The molecule has 0 spiro atoms. The third-order valence-corrected chi connectivity index (χ3v) is 8.53. The number of amides is 1. The first-order chi connectivity index (χ1) is 17.6. The number of hydrogen-bond donors (Lipinski definition) is 1. The predicted octanol–water partition coefficient (Wildman–Crippen LogP) is 5.19. The molecule has 3 heterocycles. The van der Waals surface area contributed by atoms with Gasteiger partial charge >= 0.3 is 0 Å². The number of hydrogen-bond acceptors (Lipinski definition) is 5. The highest BCUT2D eigenvalue weighted by molar-refractivity contribution is 5.94. The second-order valence-corrected chi connectivity index (χ2v) is 11.3. The summed E-state index contributed by atoms with van der Waals surface area (Å²) in [4.78, 5) is 19.0. The van der Waals surface area contributed by atoms with Crippen molar-refractivity contribution >= 4 is 11.6 Å². The van der Waals surface area contributed by atoms with Crippen LogP contribution >= 0.6 is 0 Å². The Morgan fingerprint density at radius 2 is 2.11 bits per heavy atom. The molecule has 1 aromatic carbocycles. The van der Waals surface area contributed by atoms with E-state index in [2.05, 4.69) is 46.4 Å². The molecule has 1 amide bonds. The highest BCUT2D eigenvalue weighted by Gasteiger charge is 2.45. The number of aromatic nitrogens is 1. The number of ether oxygens (including phenoxy) is 1. The lowest BCUT2D eigenvalue weighted by Crippen LogP contribution is -2.57. The molecule has 0 bridgehead atoms. The zero-order valence-corrected chi connectivity index (χ0v) is 21.6. The maximum atomic E-state index is 13.7.